The van der Waals surface area contributed by atoms with Gasteiger partial charge in [-0.05, 0) is 86.9 Å². The topological polar surface area (TPSA) is 56.7 Å². The quantitative estimate of drug-likeness (QED) is 0.177. The first-order valence-corrected chi connectivity index (χ1v) is 22.0. The van der Waals surface area contributed by atoms with Gasteiger partial charge in [0.25, 0.3) is 0 Å². The molecule has 0 bridgehead atoms. The third kappa shape index (κ3) is 5.19. The molecular formula is C57H32N4OS. The Balaban J connectivity index is 1.05. The number of benzene rings is 10. The predicted molar refractivity (Wildman–Crippen MR) is 263 cm³/mol. The number of hydrogen-bond donors (Lipinski definition) is 0. The summed E-state index contributed by atoms with van der Waals surface area (Å²) in [5, 5.41) is 14.0. The number of rotatable bonds is 4. The smallest absolute Gasteiger partial charge is 0.164 e. The summed E-state index contributed by atoms with van der Waals surface area (Å²) >= 11 is 1.79. The van der Waals surface area contributed by atoms with Crippen LogP contribution in [0.5, 0.6) is 0 Å². The molecule has 0 aliphatic carbocycles. The second-order valence-electron chi connectivity index (χ2n) is 16.3. The highest BCUT2D eigenvalue weighted by molar-refractivity contribution is 7.25. The summed E-state index contributed by atoms with van der Waals surface area (Å²) in [4.78, 5) is 15.9. The summed E-state index contributed by atoms with van der Waals surface area (Å²) in [5.41, 5.74) is 7.51. The normalized spacial score (nSPS) is 12.1. The van der Waals surface area contributed by atoms with Crippen molar-refractivity contribution in [3.05, 3.63) is 194 Å². The lowest BCUT2D eigenvalue weighted by molar-refractivity contribution is 0.666. The Morgan fingerprint density at radius 1 is 0.381 bits per heavy atom. The molecule has 0 N–H and O–H groups in total. The van der Waals surface area contributed by atoms with Gasteiger partial charge in [0, 0.05) is 58.4 Å². The number of fused-ring (bicyclic) bond motifs is 13. The van der Waals surface area contributed by atoms with Gasteiger partial charge in [-0.2, -0.15) is 0 Å². The van der Waals surface area contributed by atoms with Crippen LogP contribution in [-0.2, 0) is 0 Å². The molecule has 10 aromatic carbocycles. The first-order chi connectivity index (χ1) is 31.2. The van der Waals surface area contributed by atoms with E-state index in [1.54, 1.807) is 11.3 Å². The van der Waals surface area contributed by atoms with Crippen molar-refractivity contribution in [2.45, 2.75) is 0 Å². The molecular weight excluding hydrogens is 789 g/mol. The highest BCUT2D eigenvalue weighted by atomic mass is 32.1. The maximum absolute atomic E-state index is 7.01. The standard InChI is InChI=1S/C57H32N4OS/c1-2-13-35-29-38(22-21-33(35)11-1)55-58-56(39-23-25-42-41-17-8-10-20-50(41)63-51(42)32-39)60-57(59-55)44-26-28-47(54-53(44)43-18-7-9-19-49(43)62-54)61-46-27-24-34-12-5-6-16-40(34)52(46)45-30-36-14-3-4-15-37(36)31-48(45)61/h1-32H. The van der Waals surface area contributed by atoms with Crippen LogP contribution in [0.25, 0.3) is 136 Å². The highest BCUT2D eigenvalue weighted by Gasteiger charge is 2.24. The molecule has 0 amide bonds. The molecule has 0 radical (unpaired) electrons. The van der Waals surface area contributed by atoms with E-state index in [0.29, 0.717) is 17.5 Å². The predicted octanol–water partition coefficient (Wildman–Crippen LogP) is 15.7. The molecule has 63 heavy (non-hydrogen) atoms. The molecule has 6 heteroatoms. The molecule has 292 valence electrons. The van der Waals surface area contributed by atoms with Crippen molar-refractivity contribution in [1.29, 1.82) is 0 Å². The molecule has 0 spiro atoms. The van der Waals surface area contributed by atoms with E-state index >= 15 is 0 Å². The fourth-order valence-corrected chi connectivity index (χ4v) is 11.0. The van der Waals surface area contributed by atoms with E-state index in [1.807, 2.05) is 6.07 Å². The van der Waals surface area contributed by atoms with Gasteiger partial charge in [-0.25, -0.2) is 15.0 Å². The van der Waals surface area contributed by atoms with E-state index in [4.69, 9.17) is 19.4 Å². The maximum Gasteiger partial charge on any atom is 0.164 e. The minimum absolute atomic E-state index is 0.585. The van der Waals surface area contributed by atoms with Gasteiger partial charge in [0.05, 0.1) is 16.7 Å². The van der Waals surface area contributed by atoms with Gasteiger partial charge in [0.2, 0.25) is 0 Å². The van der Waals surface area contributed by atoms with E-state index in [2.05, 4.69) is 193 Å². The molecule has 0 saturated heterocycles. The van der Waals surface area contributed by atoms with Crippen molar-refractivity contribution < 1.29 is 4.42 Å². The van der Waals surface area contributed by atoms with Crippen molar-refractivity contribution >= 4 is 108 Å². The van der Waals surface area contributed by atoms with E-state index in [-0.39, 0.29) is 0 Å². The molecule has 0 unspecified atom stereocenters. The van der Waals surface area contributed by atoms with Crippen molar-refractivity contribution in [2.75, 3.05) is 0 Å². The zero-order valence-electron chi connectivity index (χ0n) is 33.6. The Bertz CT molecular complexity index is 4230. The zero-order chi connectivity index (χ0) is 41.2. The van der Waals surface area contributed by atoms with Crippen LogP contribution in [0.4, 0.5) is 0 Å². The number of furan rings is 1. The number of nitrogens with zero attached hydrogens (tertiary/aromatic N) is 4. The average Bonchev–Trinajstić information content (AvgIpc) is 4.02. The van der Waals surface area contributed by atoms with Gasteiger partial charge in [-0.15, -0.1) is 11.3 Å². The molecule has 0 aliphatic heterocycles. The SMILES string of the molecule is c1ccc2cc(-c3nc(-c4ccc5c(c4)sc4ccccc45)nc(-c4ccc(-n5c6cc7ccccc7cc6c6c7ccccc7ccc65)c5oc6ccccc6c45)n3)ccc2c1. The Labute approximate surface area is 363 Å². The van der Waals surface area contributed by atoms with Gasteiger partial charge < -0.3 is 8.98 Å². The molecule has 0 fully saturated rings. The number of thiophene rings is 1. The fourth-order valence-electron chi connectivity index (χ4n) is 9.86. The summed E-state index contributed by atoms with van der Waals surface area (Å²) in [6.45, 7) is 0. The molecule has 4 heterocycles. The van der Waals surface area contributed by atoms with Gasteiger partial charge in [0.15, 0.2) is 23.1 Å². The lowest BCUT2D eigenvalue weighted by Crippen LogP contribution is -2.01. The number of hydrogen-bond acceptors (Lipinski definition) is 5. The minimum atomic E-state index is 0.585. The van der Waals surface area contributed by atoms with Crippen LogP contribution in [0.2, 0.25) is 0 Å². The Morgan fingerprint density at radius 3 is 1.84 bits per heavy atom. The molecule has 0 atom stereocenters. The van der Waals surface area contributed by atoms with Crippen LogP contribution >= 0.6 is 11.3 Å². The van der Waals surface area contributed by atoms with Crippen LogP contribution in [0.15, 0.2) is 199 Å². The van der Waals surface area contributed by atoms with E-state index in [9.17, 15) is 0 Å². The van der Waals surface area contributed by atoms with Crippen LogP contribution in [0.3, 0.4) is 0 Å². The number of aromatic nitrogens is 4. The van der Waals surface area contributed by atoms with Crippen molar-refractivity contribution in [1.82, 2.24) is 19.5 Å². The summed E-state index contributed by atoms with van der Waals surface area (Å²) in [6.07, 6.45) is 0. The lowest BCUT2D eigenvalue weighted by atomic mass is 10.0. The number of para-hydroxylation sites is 1. The fraction of sp³-hybridized carbons (Fsp3) is 0. The molecule has 0 saturated carbocycles. The van der Waals surface area contributed by atoms with Gasteiger partial charge in [0.1, 0.15) is 5.58 Å². The van der Waals surface area contributed by atoms with Crippen LogP contribution in [0, 0.1) is 0 Å². The Kier molecular flexibility index (Phi) is 7.21. The second-order valence-corrected chi connectivity index (χ2v) is 17.4. The third-order valence-corrected chi connectivity index (χ3v) is 13.9. The summed E-state index contributed by atoms with van der Waals surface area (Å²) in [5.74, 6) is 1.82. The second kappa shape index (κ2) is 13.2. The zero-order valence-corrected chi connectivity index (χ0v) is 34.4. The van der Waals surface area contributed by atoms with E-state index < -0.39 is 0 Å². The summed E-state index contributed by atoms with van der Waals surface area (Å²) < 4.78 is 11.9. The molecule has 0 aliphatic rings. The first kappa shape index (κ1) is 34.5. The largest absolute Gasteiger partial charge is 0.454 e. The van der Waals surface area contributed by atoms with Crippen LogP contribution < -0.4 is 0 Å². The van der Waals surface area contributed by atoms with Crippen LogP contribution in [0.1, 0.15) is 0 Å². The average molecular weight is 821 g/mol. The van der Waals surface area contributed by atoms with Gasteiger partial charge in [-0.1, -0.05) is 140 Å². The van der Waals surface area contributed by atoms with Crippen molar-refractivity contribution in [3.63, 3.8) is 0 Å². The minimum Gasteiger partial charge on any atom is -0.454 e. The third-order valence-electron chi connectivity index (χ3n) is 12.8. The Morgan fingerprint density at radius 2 is 1.00 bits per heavy atom. The molecule has 4 aromatic heterocycles. The maximum atomic E-state index is 7.01. The lowest BCUT2D eigenvalue weighted by Gasteiger charge is -2.13. The monoisotopic (exact) mass is 820 g/mol. The van der Waals surface area contributed by atoms with E-state index in [1.165, 1.54) is 57.9 Å². The summed E-state index contributed by atoms with van der Waals surface area (Å²) in [6, 6.07) is 69.1. The van der Waals surface area contributed by atoms with Crippen molar-refractivity contribution in [3.8, 4) is 39.9 Å². The van der Waals surface area contributed by atoms with E-state index in [0.717, 1.165) is 60.7 Å². The van der Waals surface area contributed by atoms with Crippen LogP contribution in [-0.4, -0.2) is 19.5 Å². The molecule has 5 nitrogen and oxygen atoms in total. The van der Waals surface area contributed by atoms with Gasteiger partial charge >= 0.3 is 0 Å². The molecule has 14 aromatic rings. The Hall–Kier alpha value is -8.19. The van der Waals surface area contributed by atoms with Crippen molar-refractivity contribution in [2.24, 2.45) is 0 Å². The highest BCUT2D eigenvalue weighted by Crippen LogP contribution is 2.45. The summed E-state index contributed by atoms with van der Waals surface area (Å²) in [7, 11) is 0. The first-order valence-electron chi connectivity index (χ1n) is 21.2. The van der Waals surface area contributed by atoms with Gasteiger partial charge in [-0.3, -0.25) is 0 Å². The molecule has 14 rings (SSSR count).